The topological polar surface area (TPSA) is 43.3 Å². The quantitative estimate of drug-likeness (QED) is 0.601. The van der Waals surface area contributed by atoms with Crippen molar-refractivity contribution in [3.8, 4) is 0 Å². The molecule has 162 valence electrons. The van der Waals surface area contributed by atoms with Crippen LogP contribution in [-0.2, 0) is 4.74 Å². The van der Waals surface area contributed by atoms with E-state index >= 15 is 0 Å². The lowest BCUT2D eigenvalue weighted by Gasteiger charge is -2.39. The van der Waals surface area contributed by atoms with Crippen molar-refractivity contribution in [2.24, 2.45) is 4.99 Å². The molecule has 29 heavy (non-hydrogen) atoms. The molecule has 0 spiro atoms. The van der Waals surface area contributed by atoms with Crippen LogP contribution in [-0.4, -0.2) is 92.2 Å². The van der Waals surface area contributed by atoms with Crippen LogP contribution in [0.4, 0.5) is 4.39 Å². The molecule has 0 aliphatic carbocycles. The van der Waals surface area contributed by atoms with E-state index in [1.165, 1.54) is 12.1 Å². The van der Waals surface area contributed by atoms with E-state index in [1.54, 1.807) is 0 Å². The van der Waals surface area contributed by atoms with Gasteiger partial charge >= 0.3 is 0 Å². The lowest BCUT2D eigenvalue weighted by atomic mass is 10.1. The summed E-state index contributed by atoms with van der Waals surface area (Å²) in [5.74, 6) is 0.720. The molecular formula is C22H36FN5O. The Hall–Kier alpha value is -1.70. The molecule has 0 radical (unpaired) electrons. The first-order valence-electron chi connectivity index (χ1n) is 10.8. The second-order valence-electron chi connectivity index (χ2n) is 8.27. The van der Waals surface area contributed by atoms with Gasteiger partial charge in [-0.05, 0) is 45.5 Å². The lowest BCUT2D eigenvalue weighted by Crippen LogP contribution is -2.52. The van der Waals surface area contributed by atoms with Crippen LogP contribution in [0.1, 0.15) is 32.4 Å². The Morgan fingerprint density at radius 1 is 1.21 bits per heavy atom. The molecule has 6 nitrogen and oxygen atoms in total. The van der Waals surface area contributed by atoms with Crippen molar-refractivity contribution in [2.45, 2.75) is 39.0 Å². The van der Waals surface area contributed by atoms with Crippen LogP contribution in [0.25, 0.3) is 0 Å². The number of benzene rings is 1. The van der Waals surface area contributed by atoms with Crippen molar-refractivity contribution in [2.75, 3.05) is 59.4 Å². The number of guanidine groups is 1. The van der Waals surface area contributed by atoms with Crippen LogP contribution in [0.15, 0.2) is 29.3 Å². The van der Waals surface area contributed by atoms with E-state index < -0.39 is 0 Å². The standard InChI is InChI=1S/C22H36FN5O/c1-5-24-22(25-14-17(2)27-12-10-26(4)11-13-27)28-15-18(3)29-21(16-28)19-6-8-20(23)9-7-19/h6-9,17-18,21H,5,10-16H2,1-4H3,(H,24,25). The van der Waals surface area contributed by atoms with Gasteiger partial charge in [0.05, 0.1) is 19.2 Å². The maximum atomic E-state index is 13.3. The van der Waals surface area contributed by atoms with Gasteiger partial charge in [-0.15, -0.1) is 0 Å². The molecule has 0 saturated carbocycles. The third-order valence-electron chi connectivity index (χ3n) is 5.80. The van der Waals surface area contributed by atoms with Crippen molar-refractivity contribution in [1.29, 1.82) is 0 Å². The predicted molar refractivity (Wildman–Crippen MR) is 116 cm³/mol. The number of ether oxygens (including phenoxy) is 1. The maximum absolute atomic E-state index is 13.3. The van der Waals surface area contributed by atoms with Crippen molar-refractivity contribution < 1.29 is 9.13 Å². The second kappa shape index (κ2) is 10.4. The molecule has 0 aromatic heterocycles. The van der Waals surface area contributed by atoms with Gasteiger partial charge in [0.1, 0.15) is 11.9 Å². The average molecular weight is 406 g/mol. The summed E-state index contributed by atoms with van der Waals surface area (Å²) in [6, 6.07) is 7.05. The summed E-state index contributed by atoms with van der Waals surface area (Å²) in [5.41, 5.74) is 1.00. The van der Waals surface area contributed by atoms with E-state index in [0.29, 0.717) is 12.6 Å². The van der Waals surface area contributed by atoms with E-state index in [4.69, 9.17) is 9.73 Å². The number of hydrogen-bond acceptors (Lipinski definition) is 4. The molecule has 3 rings (SSSR count). The number of likely N-dealkylation sites (N-methyl/N-ethyl adjacent to an activating group) is 1. The molecule has 3 unspecified atom stereocenters. The smallest absolute Gasteiger partial charge is 0.194 e. The summed E-state index contributed by atoms with van der Waals surface area (Å²) in [6.07, 6.45) is -0.00373. The van der Waals surface area contributed by atoms with Crippen LogP contribution in [0.3, 0.4) is 0 Å². The molecule has 2 saturated heterocycles. The summed E-state index contributed by atoms with van der Waals surface area (Å²) < 4.78 is 19.4. The molecule has 2 heterocycles. The summed E-state index contributed by atoms with van der Waals surface area (Å²) in [5, 5.41) is 3.45. The Morgan fingerprint density at radius 2 is 1.90 bits per heavy atom. The predicted octanol–water partition coefficient (Wildman–Crippen LogP) is 2.19. The molecule has 1 aromatic carbocycles. The number of morpholine rings is 1. The summed E-state index contributed by atoms with van der Waals surface area (Å²) in [4.78, 5) is 12.1. The maximum Gasteiger partial charge on any atom is 0.194 e. The molecule has 2 aliphatic heterocycles. The van der Waals surface area contributed by atoms with E-state index in [1.807, 2.05) is 12.1 Å². The first kappa shape index (κ1) is 22.0. The van der Waals surface area contributed by atoms with E-state index in [2.05, 4.69) is 47.8 Å². The highest BCUT2D eigenvalue weighted by atomic mass is 19.1. The highest BCUT2D eigenvalue weighted by Gasteiger charge is 2.28. The van der Waals surface area contributed by atoms with E-state index in [9.17, 15) is 4.39 Å². The molecular weight excluding hydrogens is 369 g/mol. The number of halogens is 1. The minimum absolute atomic E-state index is 0.0812. The van der Waals surface area contributed by atoms with Gasteiger partial charge in [-0.25, -0.2) is 4.39 Å². The van der Waals surface area contributed by atoms with Crippen LogP contribution >= 0.6 is 0 Å². The zero-order chi connectivity index (χ0) is 20.8. The van der Waals surface area contributed by atoms with Gasteiger partial charge in [-0.3, -0.25) is 9.89 Å². The SMILES string of the molecule is CCNC(=NCC(C)N1CCN(C)CC1)N1CC(C)OC(c2ccc(F)cc2)C1. The molecule has 3 atom stereocenters. The number of nitrogens with one attached hydrogen (secondary N) is 1. The van der Waals surface area contributed by atoms with Gasteiger partial charge in [0.2, 0.25) is 0 Å². The minimum atomic E-state index is -0.220. The Bertz CT molecular complexity index is 660. The zero-order valence-corrected chi connectivity index (χ0v) is 18.3. The van der Waals surface area contributed by atoms with Crippen LogP contribution in [0.2, 0.25) is 0 Å². The summed E-state index contributed by atoms with van der Waals surface area (Å²) in [7, 11) is 2.18. The highest BCUT2D eigenvalue weighted by molar-refractivity contribution is 5.80. The molecule has 2 aliphatic rings. The van der Waals surface area contributed by atoms with Gasteiger partial charge < -0.3 is 19.9 Å². The summed E-state index contributed by atoms with van der Waals surface area (Å²) in [6.45, 7) is 14.0. The van der Waals surface area contributed by atoms with Gasteiger partial charge in [0.25, 0.3) is 0 Å². The van der Waals surface area contributed by atoms with Crippen LogP contribution in [0.5, 0.6) is 0 Å². The summed E-state index contributed by atoms with van der Waals surface area (Å²) >= 11 is 0. The lowest BCUT2D eigenvalue weighted by molar-refractivity contribution is -0.0605. The van der Waals surface area contributed by atoms with Gasteiger partial charge in [-0.1, -0.05) is 12.1 Å². The fourth-order valence-electron chi connectivity index (χ4n) is 4.01. The van der Waals surface area contributed by atoms with Crippen molar-refractivity contribution in [3.63, 3.8) is 0 Å². The van der Waals surface area contributed by atoms with E-state index in [0.717, 1.165) is 57.3 Å². The second-order valence-corrected chi connectivity index (χ2v) is 8.27. The van der Waals surface area contributed by atoms with Gasteiger partial charge in [0, 0.05) is 45.3 Å². The minimum Gasteiger partial charge on any atom is -0.367 e. The van der Waals surface area contributed by atoms with Crippen LogP contribution in [0, 0.1) is 5.82 Å². The third kappa shape index (κ3) is 6.14. The van der Waals surface area contributed by atoms with Crippen LogP contribution < -0.4 is 5.32 Å². The Balaban J connectivity index is 1.66. The number of hydrogen-bond donors (Lipinski definition) is 1. The van der Waals surface area contributed by atoms with Gasteiger partial charge in [-0.2, -0.15) is 0 Å². The average Bonchev–Trinajstić information content (AvgIpc) is 2.71. The van der Waals surface area contributed by atoms with Crippen molar-refractivity contribution in [3.05, 3.63) is 35.6 Å². The molecule has 2 fully saturated rings. The first-order valence-corrected chi connectivity index (χ1v) is 10.8. The Morgan fingerprint density at radius 3 is 2.55 bits per heavy atom. The molecule has 0 bridgehead atoms. The molecule has 7 heteroatoms. The Kier molecular flexibility index (Phi) is 7.86. The zero-order valence-electron chi connectivity index (χ0n) is 18.3. The fourth-order valence-corrected chi connectivity index (χ4v) is 4.01. The first-order chi connectivity index (χ1) is 14.0. The number of piperazine rings is 1. The monoisotopic (exact) mass is 405 g/mol. The fraction of sp³-hybridized carbons (Fsp3) is 0.682. The van der Waals surface area contributed by atoms with Crippen molar-refractivity contribution in [1.82, 2.24) is 20.0 Å². The molecule has 1 N–H and O–H groups in total. The third-order valence-corrected chi connectivity index (χ3v) is 5.80. The number of nitrogens with zero attached hydrogens (tertiary/aromatic N) is 4. The van der Waals surface area contributed by atoms with Gasteiger partial charge in [0.15, 0.2) is 5.96 Å². The normalized spacial score (nSPS) is 25.8. The number of rotatable bonds is 5. The molecule has 0 amide bonds. The largest absolute Gasteiger partial charge is 0.367 e. The highest BCUT2D eigenvalue weighted by Crippen LogP contribution is 2.25. The van der Waals surface area contributed by atoms with Crippen molar-refractivity contribution >= 4 is 5.96 Å². The number of aliphatic imine (C=N–C) groups is 1. The van der Waals surface area contributed by atoms with E-state index in [-0.39, 0.29) is 18.0 Å². The Labute approximate surface area is 174 Å². The molecule has 1 aromatic rings.